The van der Waals surface area contributed by atoms with Gasteiger partial charge in [0.15, 0.2) is 11.6 Å². The fraction of sp³-hybridized carbons (Fsp3) is 0.643. The molecule has 0 saturated heterocycles. The van der Waals surface area contributed by atoms with Crippen LogP contribution in [0.15, 0.2) is 11.3 Å². The molecule has 0 fully saturated rings. The van der Waals surface area contributed by atoms with Crippen molar-refractivity contribution in [3.8, 4) is 0 Å². The van der Waals surface area contributed by atoms with E-state index in [0.29, 0.717) is 13.0 Å². The second-order valence-electron chi connectivity index (χ2n) is 4.92. The molecule has 0 aromatic carbocycles. The quantitative estimate of drug-likeness (QED) is 0.768. The minimum absolute atomic E-state index is 0.00588. The van der Waals surface area contributed by atoms with Crippen LogP contribution in [0, 0.1) is 5.92 Å². The summed E-state index contributed by atoms with van der Waals surface area (Å²) in [5.41, 5.74) is -0.0387. The van der Waals surface area contributed by atoms with Crippen molar-refractivity contribution < 1.29 is 19.5 Å². The molecule has 1 unspecified atom stereocenters. The topological polar surface area (TPSA) is 74.7 Å². The highest BCUT2D eigenvalue weighted by atomic mass is 16.3. The number of hydrogen-bond acceptors (Lipinski definition) is 4. The number of aliphatic hydroxyl groups is 1. The van der Waals surface area contributed by atoms with Crippen molar-refractivity contribution in [3.05, 3.63) is 11.3 Å². The lowest BCUT2D eigenvalue weighted by molar-refractivity contribution is -0.131. The van der Waals surface area contributed by atoms with Crippen LogP contribution in [0.4, 0.5) is 0 Å². The van der Waals surface area contributed by atoms with Crippen LogP contribution in [0.3, 0.4) is 0 Å². The van der Waals surface area contributed by atoms with Gasteiger partial charge in [0.2, 0.25) is 5.91 Å². The number of rotatable bonds is 5. The van der Waals surface area contributed by atoms with Crippen molar-refractivity contribution in [3.63, 3.8) is 0 Å². The zero-order valence-corrected chi connectivity index (χ0v) is 11.7. The third-order valence-electron chi connectivity index (χ3n) is 3.38. The summed E-state index contributed by atoms with van der Waals surface area (Å²) in [6, 6.07) is 0. The normalized spacial score (nSPS) is 19.5. The maximum Gasteiger partial charge on any atom is 0.222 e. The molecule has 1 rings (SSSR count). The predicted molar refractivity (Wildman–Crippen MR) is 70.6 cm³/mol. The van der Waals surface area contributed by atoms with Crippen molar-refractivity contribution in [1.82, 2.24) is 4.90 Å². The van der Waals surface area contributed by atoms with Gasteiger partial charge in [-0.3, -0.25) is 14.4 Å². The first-order valence-electron chi connectivity index (χ1n) is 6.63. The highest BCUT2D eigenvalue weighted by molar-refractivity contribution is 6.20. The van der Waals surface area contributed by atoms with Crippen LogP contribution in [-0.2, 0) is 14.4 Å². The fourth-order valence-electron chi connectivity index (χ4n) is 2.35. The van der Waals surface area contributed by atoms with E-state index >= 15 is 0 Å². The minimum Gasteiger partial charge on any atom is -0.511 e. The third-order valence-corrected chi connectivity index (χ3v) is 3.38. The summed E-state index contributed by atoms with van der Waals surface area (Å²) in [6.45, 7) is 3.87. The Labute approximate surface area is 113 Å². The highest BCUT2D eigenvalue weighted by Crippen LogP contribution is 2.27. The standard InChI is InChI=1S/C14H21NO4/c1-4-10(16)14-11(17)6-9(7-12(14)18)8-15(3)13(19)5-2/h9,17H,4-8H2,1-3H3. The van der Waals surface area contributed by atoms with Crippen LogP contribution < -0.4 is 0 Å². The molecule has 1 aliphatic rings. The Morgan fingerprint density at radius 1 is 1.26 bits per heavy atom. The number of aliphatic hydroxyl groups excluding tert-OH is 1. The van der Waals surface area contributed by atoms with Crippen LogP contribution in [0.5, 0.6) is 0 Å². The number of carbonyl (C=O) groups is 3. The lowest BCUT2D eigenvalue weighted by Gasteiger charge is -2.27. The van der Waals surface area contributed by atoms with Gasteiger partial charge in [0.05, 0.1) is 5.57 Å². The van der Waals surface area contributed by atoms with Crippen molar-refractivity contribution in [2.45, 2.75) is 39.5 Å². The molecule has 0 bridgehead atoms. The Hall–Kier alpha value is -1.65. The van der Waals surface area contributed by atoms with Gasteiger partial charge in [-0.15, -0.1) is 0 Å². The molecule has 5 heteroatoms. The molecule has 0 aliphatic heterocycles. The lowest BCUT2D eigenvalue weighted by atomic mass is 9.84. The molecule has 1 atom stereocenters. The Balaban J connectivity index is 2.76. The van der Waals surface area contributed by atoms with E-state index in [1.54, 1.807) is 25.8 Å². The molecular formula is C14H21NO4. The van der Waals surface area contributed by atoms with E-state index in [1.165, 1.54) is 0 Å². The molecule has 106 valence electrons. The van der Waals surface area contributed by atoms with E-state index in [2.05, 4.69) is 0 Å². The number of Topliss-reactive ketones (excluding diaryl/α,β-unsaturated/α-hetero) is 2. The van der Waals surface area contributed by atoms with E-state index in [4.69, 9.17) is 0 Å². The van der Waals surface area contributed by atoms with E-state index in [1.807, 2.05) is 0 Å². The maximum absolute atomic E-state index is 11.9. The summed E-state index contributed by atoms with van der Waals surface area (Å²) < 4.78 is 0. The van der Waals surface area contributed by atoms with E-state index in [9.17, 15) is 19.5 Å². The van der Waals surface area contributed by atoms with Crippen LogP contribution in [0.2, 0.25) is 0 Å². The van der Waals surface area contributed by atoms with Crippen LogP contribution in [-0.4, -0.2) is 41.1 Å². The summed E-state index contributed by atoms with van der Waals surface area (Å²) >= 11 is 0. The molecule has 1 N–H and O–H groups in total. The average molecular weight is 267 g/mol. The monoisotopic (exact) mass is 267 g/mol. The maximum atomic E-state index is 11.9. The molecule has 5 nitrogen and oxygen atoms in total. The smallest absolute Gasteiger partial charge is 0.222 e. The van der Waals surface area contributed by atoms with Gasteiger partial charge in [0.1, 0.15) is 5.76 Å². The van der Waals surface area contributed by atoms with Gasteiger partial charge in [0, 0.05) is 39.3 Å². The molecule has 0 aromatic heterocycles. The summed E-state index contributed by atoms with van der Waals surface area (Å²) in [5, 5.41) is 9.85. The van der Waals surface area contributed by atoms with Crippen molar-refractivity contribution >= 4 is 17.5 Å². The summed E-state index contributed by atoms with van der Waals surface area (Å²) in [4.78, 5) is 36.5. The third kappa shape index (κ3) is 3.66. The highest BCUT2D eigenvalue weighted by Gasteiger charge is 2.31. The lowest BCUT2D eigenvalue weighted by Crippen LogP contribution is -2.35. The second kappa shape index (κ2) is 6.50. The van der Waals surface area contributed by atoms with Gasteiger partial charge >= 0.3 is 0 Å². The molecule has 0 saturated carbocycles. The van der Waals surface area contributed by atoms with Crippen LogP contribution >= 0.6 is 0 Å². The molecule has 0 spiro atoms. The largest absolute Gasteiger partial charge is 0.511 e. The number of nitrogens with zero attached hydrogens (tertiary/aromatic N) is 1. The molecular weight excluding hydrogens is 246 g/mol. The Morgan fingerprint density at radius 2 is 1.89 bits per heavy atom. The Morgan fingerprint density at radius 3 is 2.37 bits per heavy atom. The van der Waals surface area contributed by atoms with Gasteiger partial charge in [-0.2, -0.15) is 0 Å². The summed E-state index contributed by atoms with van der Waals surface area (Å²) in [6.07, 6.45) is 1.13. The van der Waals surface area contributed by atoms with Crippen LogP contribution in [0.25, 0.3) is 0 Å². The Kier molecular flexibility index (Phi) is 5.27. The fourth-order valence-corrected chi connectivity index (χ4v) is 2.35. The minimum atomic E-state index is -0.307. The van der Waals surface area contributed by atoms with Gasteiger partial charge < -0.3 is 10.0 Å². The van der Waals surface area contributed by atoms with E-state index < -0.39 is 0 Å². The zero-order chi connectivity index (χ0) is 14.6. The number of allylic oxidation sites excluding steroid dienone is 2. The number of amides is 1. The molecule has 0 radical (unpaired) electrons. The number of carbonyl (C=O) groups excluding carboxylic acids is 3. The molecule has 1 amide bonds. The predicted octanol–water partition coefficient (Wildman–Crippen LogP) is 1.63. The first-order valence-corrected chi connectivity index (χ1v) is 6.63. The summed E-state index contributed by atoms with van der Waals surface area (Å²) in [5.74, 6) is -0.838. The van der Waals surface area contributed by atoms with Crippen molar-refractivity contribution in [2.75, 3.05) is 13.6 Å². The molecule has 0 heterocycles. The Bertz CT molecular complexity index is 425. The van der Waals surface area contributed by atoms with Crippen LogP contribution in [0.1, 0.15) is 39.5 Å². The SMILES string of the molecule is CCC(=O)C1=C(O)CC(CN(C)C(=O)CC)CC1=O. The van der Waals surface area contributed by atoms with Gasteiger partial charge in [0.25, 0.3) is 0 Å². The first kappa shape index (κ1) is 15.4. The van der Waals surface area contributed by atoms with Gasteiger partial charge in [-0.05, 0) is 5.92 Å². The van der Waals surface area contributed by atoms with E-state index in [0.717, 1.165) is 0 Å². The van der Waals surface area contributed by atoms with Gasteiger partial charge in [-0.25, -0.2) is 0 Å². The second-order valence-corrected chi connectivity index (χ2v) is 4.92. The molecule has 1 aliphatic carbocycles. The summed E-state index contributed by atoms with van der Waals surface area (Å²) in [7, 11) is 1.68. The number of ketones is 2. The zero-order valence-electron chi connectivity index (χ0n) is 11.7. The van der Waals surface area contributed by atoms with Crippen molar-refractivity contribution in [2.24, 2.45) is 5.92 Å². The average Bonchev–Trinajstić information content (AvgIpc) is 2.36. The van der Waals surface area contributed by atoms with Gasteiger partial charge in [-0.1, -0.05) is 13.8 Å². The van der Waals surface area contributed by atoms with E-state index in [-0.39, 0.29) is 54.0 Å². The number of hydrogen-bond donors (Lipinski definition) is 1. The first-order chi connectivity index (χ1) is 8.90. The van der Waals surface area contributed by atoms with Crippen molar-refractivity contribution in [1.29, 1.82) is 0 Å². The molecule has 19 heavy (non-hydrogen) atoms. The molecule has 0 aromatic rings.